The number of nitrogens with zero attached hydrogens (tertiary/aromatic N) is 2. The quantitative estimate of drug-likeness (QED) is 0.614. The Morgan fingerprint density at radius 3 is 2.61 bits per heavy atom. The fourth-order valence-corrected chi connectivity index (χ4v) is 2.29. The van der Waals surface area contributed by atoms with E-state index in [1.54, 1.807) is 0 Å². The van der Waals surface area contributed by atoms with Crippen LogP contribution in [0.4, 0.5) is 14.5 Å². The molecule has 0 N–H and O–H groups in total. The van der Waals surface area contributed by atoms with Crippen LogP contribution in [0.1, 0.15) is 24.2 Å². The second-order valence-electron chi connectivity index (χ2n) is 5.10. The van der Waals surface area contributed by atoms with Crippen LogP contribution in [0.15, 0.2) is 12.3 Å². The summed E-state index contributed by atoms with van der Waals surface area (Å²) in [5.41, 5.74) is -0.564. The minimum absolute atomic E-state index is 0.0375. The van der Waals surface area contributed by atoms with Crippen molar-refractivity contribution in [1.82, 2.24) is 4.98 Å². The number of pyridine rings is 1. The molecular weight excluding hydrogens is 262 g/mol. The zero-order chi connectivity index (χ0) is 13.6. The van der Waals surface area contributed by atoms with Crippen LogP contribution >= 0.6 is 11.6 Å². The first-order valence-electron chi connectivity index (χ1n) is 5.51. The van der Waals surface area contributed by atoms with Gasteiger partial charge in [0.1, 0.15) is 5.15 Å². The zero-order valence-electron chi connectivity index (χ0n) is 10.1. The molecule has 1 fully saturated rings. The summed E-state index contributed by atoms with van der Waals surface area (Å²) >= 11 is 5.79. The molecule has 1 aliphatic heterocycles. The van der Waals surface area contributed by atoms with Crippen molar-refractivity contribution in [3.8, 4) is 0 Å². The first-order valence-corrected chi connectivity index (χ1v) is 5.89. The summed E-state index contributed by atoms with van der Waals surface area (Å²) in [4.78, 5) is 16.2. The highest BCUT2D eigenvalue weighted by Crippen LogP contribution is 2.45. The molecule has 18 heavy (non-hydrogen) atoms. The standard InChI is InChI=1S/C12H13ClF2N2O/c1-11(2)6-17(7-12(11,14)15)9-3-4-16-10(13)8(9)5-18/h3-5H,6-7H2,1-2H3. The maximum atomic E-state index is 13.8. The summed E-state index contributed by atoms with van der Waals surface area (Å²) in [6.07, 6.45) is 1.96. The van der Waals surface area contributed by atoms with Crippen molar-refractivity contribution in [3.63, 3.8) is 0 Å². The van der Waals surface area contributed by atoms with E-state index in [0.717, 1.165) is 0 Å². The van der Waals surface area contributed by atoms with Crippen molar-refractivity contribution in [2.45, 2.75) is 19.8 Å². The van der Waals surface area contributed by atoms with E-state index in [0.29, 0.717) is 12.0 Å². The van der Waals surface area contributed by atoms with E-state index in [-0.39, 0.29) is 17.3 Å². The van der Waals surface area contributed by atoms with Gasteiger partial charge in [0, 0.05) is 18.2 Å². The molecular formula is C12H13ClF2N2O. The average Bonchev–Trinajstić information content (AvgIpc) is 2.47. The van der Waals surface area contributed by atoms with Gasteiger partial charge in [-0.1, -0.05) is 25.4 Å². The number of hydrogen-bond donors (Lipinski definition) is 0. The van der Waals surface area contributed by atoms with E-state index in [9.17, 15) is 13.6 Å². The number of rotatable bonds is 2. The van der Waals surface area contributed by atoms with E-state index in [1.807, 2.05) is 0 Å². The van der Waals surface area contributed by atoms with Gasteiger partial charge in [-0.25, -0.2) is 13.8 Å². The molecule has 0 aromatic carbocycles. The number of halogens is 3. The Hall–Kier alpha value is -1.23. The highest BCUT2D eigenvalue weighted by molar-refractivity contribution is 6.32. The van der Waals surface area contributed by atoms with Gasteiger partial charge < -0.3 is 4.90 Å². The number of aromatic nitrogens is 1. The number of hydrogen-bond acceptors (Lipinski definition) is 3. The van der Waals surface area contributed by atoms with Crippen LogP contribution in [-0.4, -0.2) is 30.3 Å². The largest absolute Gasteiger partial charge is 0.364 e. The van der Waals surface area contributed by atoms with Crippen molar-refractivity contribution in [2.75, 3.05) is 18.0 Å². The molecule has 2 rings (SSSR count). The van der Waals surface area contributed by atoms with Gasteiger partial charge >= 0.3 is 0 Å². The third kappa shape index (κ3) is 1.96. The Balaban J connectivity index is 2.41. The lowest BCUT2D eigenvalue weighted by molar-refractivity contribution is -0.0642. The Kier molecular flexibility index (Phi) is 3.05. The summed E-state index contributed by atoms with van der Waals surface area (Å²) in [5, 5.41) is 0.0375. The smallest absolute Gasteiger partial charge is 0.271 e. The van der Waals surface area contributed by atoms with Crippen molar-refractivity contribution >= 4 is 23.6 Å². The summed E-state index contributed by atoms with van der Waals surface area (Å²) in [5.74, 6) is -2.80. The number of alkyl halides is 2. The van der Waals surface area contributed by atoms with Crippen LogP contribution < -0.4 is 4.90 Å². The van der Waals surface area contributed by atoms with Crippen molar-refractivity contribution in [2.24, 2.45) is 5.41 Å². The van der Waals surface area contributed by atoms with Crippen LogP contribution in [0.25, 0.3) is 0 Å². The summed E-state index contributed by atoms with van der Waals surface area (Å²) in [6, 6.07) is 1.53. The third-order valence-corrected chi connectivity index (χ3v) is 3.64. The van der Waals surface area contributed by atoms with Crippen molar-refractivity contribution < 1.29 is 13.6 Å². The molecule has 1 saturated heterocycles. The molecule has 3 nitrogen and oxygen atoms in total. The SMILES string of the molecule is CC1(C)CN(c2ccnc(Cl)c2C=O)CC1(F)F. The first-order chi connectivity index (χ1) is 8.28. The van der Waals surface area contributed by atoms with E-state index >= 15 is 0 Å². The van der Waals surface area contributed by atoms with Gasteiger partial charge in [0.2, 0.25) is 0 Å². The van der Waals surface area contributed by atoms with Crippen molar-refractivity contribution in [1.29, 1.82) is 0 Å². The molecule has 0 amide bonds. The molecule has 98 valence electrons. The predicted octanol–water partition coefficient (Wildman–Crippen LogP) is 3.03. The van der Waals surface area contributed by atoms with Crippen molar-refractivity contribution in [3.05, 3.63) is 23.0 Å². The molecule has 1 aromatic heterocycles. The molecule has 1 aromatic rings. The normalized spacial score (nSPS) is 21.1. The number of carbonyl (C=O) groups excluding carboxylic acids is 1. The van der Waals surface area contributed by atoms with E-state index in [1.165, 1.54) is 31.0 Å². The summed E-state index contributed by atoms with van der Waals surface area (Å²) in [6.45, 7) is 2.77. The number of anilines is 1. The topological polar surface area (TPSA) is 33.2 Å². The molecule has 0 saturated carbocycles. The van der Waals surface area contributed by atoms with Gasteiger partial charge in [-0.2, -0.15) is 0 Å². The second kappa shape index (κ2) is 4.16. The van der Waals surface area contributed by atoms with Gasteiger partial charge in [0.25, 0.3) is 5.92 Å². The third-order valence-electron chi connectivity index (χ3n) is 3.34. The van der Waals surface area contributed by atoms with Gasteiger partial charge in [0.05, 0.1) is 17.8 Å². The monoisotopic (exact) mass is 274 g/mol. The molecule has 0 aliphatic carbocycles. The van der Waals surface area contributed by atoms with E-state index in [4.69, 9.17) is 11.6 Å². The minimum Gasteiger partial charge on any atom is -0.364 e. The zero-order valence-corrected chi connectivity index (χ0v) is 10.8. The van der Waals surface area contributed by atoms with Gasteiger partial charge in [0.15, 0.2) is 6.29 Å². The highest BCUT2D eigenvalue weighted by atomic mass is 35.5. The number of aldehydes is 1. The molecule has 0 bridgehead atoms. The Morgan fingerprint density at radius 2 is 2.11 bits per heavy atom. The fourth-order valence-electron chi connectivity index (χ4n) is 2.10. The Labute approximate surface area is 109 Å². The number of carbonyl (C=O) groups is 1. The highest BCUT2D eigenvalue weighted by Gasteiger charge is 2.54. The average molecular weight is 275 g/mol. The van der Waals surface area contributed by atoms with Crippen LogP contribution in [0, 0.1) is 5.41 Å². The minimum atomic E-state index is -2.80. The molecule has 2 heterocycles. The second-order valence-corrected chi connectivity index (χ2v) is 5.45. The van der Waals surface area contributed by atoms with E-state index in [2.05, 4.69) is 4.98 Å². The summed E-state index contributed by atoms with van der Waals surface area (Å²) in [7, 11) is 0. The Bertz CT molecular complexity index is 475. The van der Waals surface area contributed by atoms with Gasteiger partial charge in [-0.3, -0.25) is 4.79 Å². The maximum Gasteiger partial charge on any atom is 0.271 e. The van der Waals surface area contributed by atoms with Crippen LogP contribution in [0.5, 0.6) is 0 Å². The van der Waals surface area contributed by atoms with Gasteiger partial charge in [-0.05, 0) is 6.07 Å². The van der Waals surface area contributed by atoms with Crippen LogP contribution in [-0.2, 0) is 0 Å². The summed E-state index contributed by atoms with van der Waals surface area (Å²) < 4.78 is 27.6. The van der Waals surface area contributed by atoms with Gasteiger partial charge in [-0.15, -0.1) is 0 Å². The lowest BCUT2D eigenvalue weighted by Gasteiger charge is -2.24. The molecule has 6 heteroatoms. The predicted molar refractivity (Wildman–Crippen MR) is 65.6 cm³/mol. The lowest BCUT2D eigenvalue weighted by Crippen LogP contribution is -2.34. The Morgan fingerprint density at radius 1 is 1.44 bits per heavy atom. The first kappa shape index (κ1) is 13.2. The van der Waals surface area contributed by atoms with Crippen LogP contribution in [0.2, 0.25) is 5.15 Å². The molecule has 0 radical (unpaired) electrons. The fraction of sp³-hybridized carbons (Fsp3) is 0.500. The lowest BCUT2D eigenvalue weighted by atomic mass is 9.89. The molecule has 0 unspecified atom stereocenters. The van der Waals surface area contributed by atoms with E-state index < -0.39 is 17.9 Å². The molecule has 0 spiro atoms. The maximum absolute atomic E-state index is 13.8. The molecule has 1 aliphatic rings. The van der Waals surface area contributed by atoms with Crippen LogP contribution in [0.3, 0.4) is 0 Å². The molecule has 0 atom stereocenters.